The minimum Gasteiger partial charge on any atom is -0.444 e. The van der Waals surface area contributed by atoms with E-state index in [9.17, 15) is 9.90 Å². The molecule has 1 saturated heterocycles. The standard InChI is InChI=1S/C14H27NO5/c1-13(2,3)20-12(18)15-10(9-19-14(15,4)5)11(17)7-6-8-16/h10-11,16-17H,6-9H2,1-5H3/t10?,11-/m0/s1. The Morgan fingerprint density at radius 3 is 2.60 bits per heavy atom. The number of nitrogens with zero attached hydrogens (tertiary/aromatic N) is 1. The highest BCUT2D eigenvalue weighted by Gasteiger charge is 2.48. The highest BCUT2D eigenvalue weighted by Crippen LogP contribution is 2.31. The fourth-order valence-corrected chi connectivity index (χ4v) is 2.28. The summed E-state index contributed by atoms with van der Waals surface area (Å²) in [5, 5.41) is 19.0. The molecule has 0 saturated carbocycles. The van der Waals surface area contributed by atoms with E-state index in [0.717, 1.165) is 0 Å². The average Bonchev–Trinajstić information content (AvgIpc) is 2.59. The van der Waals surface area contributed by atoms with E-state index in [1.54, 1.807) is 34.6 Å². The zero-order chi connectivity index (χ0) is 15.6. The summed E-state index contributed by atoms with van der Waals surface area (Å²) in [6, 6.07) is -0.452. The predicted octanol–water partition coefficient (Wildman–Crippen LogP) is 1.49. The largest absolute Gasteiger partial charge is 0.444 e. The van der Waals surface area contributed by atoms with E-state index in [1.165, 1.54) is 4.90 Å². The Labute approximate surface area is 120 Å². The van der Waals surface area contributed by atoms with Crippen molar-refractivity contribution in [1.29, 1.82) is 0 Å². The van der Waals surface area contributed by atoms with Gasteiger partial charge in [0.1, 0.15) is 11.3 Å². The first-order valence-electron chi connectivity index (χ1n) is 7.03. The molecule has 1 fully saturated rings. The van der Waals surface area contributed by atoms with Crippen LogP contribution >= 0.6 is 0 Å². The Bertz CT molecular complexity index is 337. The lowest BCUT2D eigenvalue weighted by Gasteiger charge is -2.36. The molecule has 2 atom stereocenters. The Hall–Kier alpha value is -0.850. The molecule has 0 aromatic rings. The molecule has 6 nitrogen and oxygen atoms in total. The van der Waals surface area contributed by atoms with Crippen molar-refractivity contribution in [3.05, 3.63) is 0 Å². The van der Waals surface area contributed by atoms with Crippen molar-refractivity contribution in [3.8, 4) is 0 Å². The zero-order valence-electron chi connectivity index (χ0n) is 13.0. The van der Waals surface area contributed by atoms with Crippen molar-refractivity contribution in [1.82, 2.24) is 4.90 Å². The van der Waals surface area contributed by atoms with Crippen LogP contribution in [0.5, 0.6) is 0 Å². The molecule has 1 aliphatic rings. The molecule has 20 heavy (non-hydrogen) atoms. The van der Waals surface area contributed by atoms with Crippen molar-refractivity contribution in [3.63, 3.8) is 0 Å². The van der Waals surface area contributed by atoms with Gasteiger partial charge in [0.15, 0.2) is 0 Å². The van der Waals surface area contributed by atoms with Gasteiger partial charge in [0.25, 0.3) is 0 Å². The second-order valence-corrected chi connectivity index (χ2v) is 6.61. The fourth-order valence-electron chi connectivity index (χ4n) is 2.28. The molecule has 118 valence electrons. The normalized spacial score (nSPS) is 23.8. The number of hydrogen-bond donors (Lipinski definition) is 2. The molecule has 1 heterocycles. The van der Waals surface area contributed by atoms with Gasteiger partial charge in [-0.2, -0.15) is 0 Å². The number of hydrogen-bond acceptors (Lipinski definition) is 5. The first-order chi connectivity index (χ1) is 9.08. The molecule has 0 radical (unpaired) electrons. The first-order valence-corrected chi connectivity index (χ1v) is 7.03. The fraction of sp³-hybridized carbons (Fsp3) is 0.929. The van der Waals surface area contributed by atoms with Gasteiger partial charge in [0.2, 0.25) is 0 Å². The van der Waals surface area contributed by atoms with Crippen LogP contribution in [0.1, 0.15) is 47.5 Å². The Kier molecular flexibility index (Phi) is 5.40. The summed E-state index contributed by atoms with van der Waals surface area (Å²) in [6.45, 7) is 9.22. The van der Waals surface area contributed by atoms with Crippen molar-refractivity contribution < 1.29 is 24.5 Å². The van der Waals surface area contributed by atoms with E-state index < -0.39 is 29.6 Å². The van der Waals surface area contributed by atoms with E-state index in [0.29, 0.717) is 12.8 Å². The van der Waals surface area contributed by atoms with Crippen molar-refractivity contribution in [2.24, 2.45) is 0 Å². The van der Waals surface area contributed by atoms with Crippen LogP contribution in [0.4, 0.5) is 4.79 Å². The number of aliphatic hydroxyl groups excluding tert-OH is 2. The van der Waals surface area contributed by atoms with Crippen LogP contribution in [0.3, 0.4) is 0 Å². The van der Waals surface area contributed by atoms with Gasteiger partial charge in [-0.15, -0.1) is 0 Å². The van der Waals surface area contributed by atoms with Gasteiger partial charge in [-0.1, -0.05) is 0 Å². The highest BCUT2D eigenvalue weighted by molar-refractivity contribution is 5.69. The van der Waals surface area contributed by atoms with E-state index in [-0.39, 0.29) is 13.2 Å². The Morgan fingerprint density at radius 1 is 1.50 bits per heavy atom. The molecule has 6 heteroatoms. The van der Waals surface area contributed by atoms with Crippen LogP contribution in [0, 0.1) is 0 Å². The topological polar surface area (TPSA) is 79.2 Å². The van der Waals surface area contributed by atoms with Gasteiger partial charge in [0.05, 0.1) is 18.8 Å². The average molecular weight is 289 g/mol. The number of carbonyl (C=O) groups excluding carboxylic acids is 1. The van der Waals surface area contributed by atoms with E-state index >= 15 is 0 Å². The maximum absolute atomic E-state index is 12.3. The quantitative estimate of drug-likeness (QED) is 0.819. The Morgan fingerprint density at radius 2 is 2.10 bits per heavy atom. The molecule has 2 N–H and O–H groups in total. The monoisotopic (exact) mass is 289 g/mol. The van der Waals surface area contributed by atoms with Gasteiger partial charge in [-0.25, -0.2) is 4.79 Å². The molecule has 1 unspecified atom stereocenters. The van der Waals surface area contributed by atoms with Crippen LogP contribution in [0.2, 0.25) is 0 Å². The first kappa shape index (κ1) is 17.2. The molecule has 0 aromatic carbocycles. The number of aliphatic hydroxyl groups is 2. The number of carbonyl (C=O) groups is 1. The zero-order valence-corrected chi connectivity index (χ0v) is 13.0. The lowest BCUT2D eigenvalue weighted by molar-refractivity contribution is -0.0682. The number of amides is 1. The van der Waals surface area contributed by atoms with E-state index in [1.807, 2.05) is 0 Å². The summed E-state index contributed by atoms with van der Waals surface area (Å²) in [5.74, 6) is 0. The van der Waals surface area contributed by atoms with Gasteiger partial charge >= 0.3 is 6.09 Å². The summed E-state index contributed by atoms with van der Waals surface area (Å²) >= 11 is 0. The maximum atomic E-state index is 12.3. The van der Waals surface area contributed by atoms with Gasteiger partial charge < -0.3 is 19.7 Å². The molecule has 1 amide bonds. The minimum atomic E-state index is -0.812. The lowest BCUT2D eigenvalue weighted by Crippen LogP contribution is -2.53. The summed E-state index contributed by atoms with van der Waals surface area (Å²) < 4.78 is 11.0. The number of rotatable bonds is 4. The van der Waals surface area contributed by atoms with Crippen molar-refractivity contribution in [2.45, 2.75) is 70.9 Å². The Balaban J connectivity index is 2.82. The molecule has 0 aliphatic carbocycles. The van der Waals surface area contributed by atoms with Crippen LogP contribution in [0.15, 0.2) is 0 Å². The second-order valence-electron chi connectivity index (χ2n) is 6.61. The second kappa shape index (κ2) is 6.28. The summed E-state index contributed by atoms with van der Waals surface area (Å²) in [5.41, 5.74) is -1.41. The molecular weight excluding hydrogens is 262 g/mol. The molecule has 0 bridgehead atoms. The maximum Gasteiger partial charge on any atom is 0.412 e. The third-order valence-corrected chi connectivity index (χ3v) is 3.21. The third kappa shape index (κ3) is 4.33. The van der Waals surface area contributed by atoms with Crippen LogP contribution in [-0.4, -0.2) is 57.9 Å². The highest BCUT2D eigenvalue weighted by atomic mass is 16.6. The smallest absolute Gasteiger partial charge is 0.412 e. The summed E-state index contributed by atoms with van der Waals surface area (Å²) in [4.78, 5) is 13.8. The van der Waals surface area contributed by atoms with Gasteiger partial charge in [-0.3, -0.25) is 4.90 Å². The van der Waals surface area contributed by atoms with Crippen LogP contribution in [-0.2, 0) is 9.47 Å². The molecule has 1 aliphatic heterocycles. The SMILES string of the molecule is CC(C)(C)OC(=O)N1C([C@@H](O)CCCO)COC1(C)C. The van der Waals surface area contributed by atoms with Gasteiger partial charge in [-0.05, 0) is 47.5 Å². The third-order valence-electron chi connectivity index (χ3n) is 3.21. The van der Waals surface area contributed by atoms with Crippen LogP contribution < -0.4 is 0 Å². The van der Waals surface area contributed by atoms with Gasteiger partial charge in [0, 0.05) is 6.61 Å². The van der Waals surface area contributed by atoms with Crippen molar-refractivity contribution in [2.75, 3.05) is 13.2 Å². The summed E-state index contributed by atoms with van der Waals surface area (Å²) in [7, 11) is 0. The molecule has 1 rings (SSSR count). The summed E-state index contributed by atoms with van der Waals surface area (Å²) in [6.07, 6.45) is -0.329. The number of ether oxygens (including phenoxy) is 2. The molecular formula is C14H27NO5. The predicted molar refractivity (Wildman–Crippen MR) is 74.2 cm³/mol. The van der Waals surface area contributed by atoms with Crippen LogP contribution in [0.25, 0.3) is 0 Å². The van der Waals surface area contributed by atoms with E-state index in [4.69, 9.17) is 14.6 Å². The van der Waals surface area contributed by atoms with E-state index in [2.05, 4.69) is 0 Å². The van der Waals surface area contributed by atoms with Crippen molar-refractivity contribution >= 4 is 6.09 Å². The molecule has 0 aromatic heterocycles. The molecule has 0 spiro atoms. The lowest BCUT2D eigenvalue weighted by atomic mass is 10.1. The minimum absolute atomic E-state index is 0.0144.